The fraction of sp³-hybridized carbons (Fsp3) is 0.222. The number of carbonyl (C=O) groups excluding carboxylic acids is 1. The molecule has 2 aromatic rings. The Morgan fingerprint density at radius 3 is 1.59 bits per heavy atom. The maximum absolute atomic E-state index is 11.7. The maximum atomic E-state index is 11.7. The van der Waals surface area contributed by atoms with Crippen molar-refractivity contribution in [1.82, 2.24) is 0 Å². The van der Waals surface area contributed by atoms with E-state index in [0.29, 0.717) is 17.6 Å². The number of carboxylic acids is 1. The zero-order chi connectivity index (χ0) is 20.2. The summed E-state index contributed by atoms with van der Waals surface area (Å²) >= 11 is 0. The molecule has 2 rings (SSSR count). The third-order valence-corrected chi connectivity index (χ3v) is 2.87. The van der Waals surface area contributed by atoms with Crippen LogP contribution >= 0.6 is 0 Å². The molecule has 0 aromatic heterocycles. The summed E-state index contributed by atoms with van der Waals surface area (Å²) < 4.78 is 56.1. The minimum Gasteiger partial charge on any atom is -0.488 e. The average Bonchev–Trinajstić information content (AvgIpc) is 2.66. The first-order valence-electron chi connectivity index (χ1n) is 7.52. The van der Waals surface area contributed by atoms with Gasteiger partial charge < -0.3 is 14.6 Å². The minimum absolute atomic E-state index is 0.0920. The number of benzene rings is 2. The molecule has 27 heavy (non-hydrogen) atoms. The topological polar surface area (TPSA) is 72.8 Å². The van der Waals surface area contributed by atoms with Crippen LogP contribution in [-0.2, 0) is 0 Å². The first-order valence-corrected chi connectivity index (χ1v) is 7.52. The molecule has 0 spiro atoms. The number of halogens is 4. The van der Waals surface area contributed by atoms with Gasteiger partial charge in [-0.2, -0.15) is 0 Å². The summed E-state index contributed by atoms with van der Waals surface area (Å²) in [6.45, 7) is -1.31. The Balaban J connectivity index is 0.000000271. The molecule has 1 N–H and O–H groups in total. The smallest absolute Gasteiger partial charge is 0.335 e. The Labute approximate surface area is 152 Å². The number of hydrogen-bond acceptors (Lipinski definition) is 4. The Bertz CT molecular complexity index is 703. The van der Waals surface area contributed by atoms with Crippen LogP contribution in [0.5, 0.6) is 11.5 Å². The third-order valence-electron chi connectivity index (χ3n) is 2.87. The van der Waals surface area contributed by atoms with E-state index in [1.807, 2.05) is 0 Å². The number of carboxylic acid groups (broad SMARTS) is 1. The molecule has 0 bridgehead atoms. The fourth-order valence-electron chi connectivity index (χ4n) is 1.65. The van der Waals surface area contributed by atoms with E-state index in [1.54, 1.807) is 0 Å². The van der Waals surface area contributed by atoms with Crippen molar-refractivity contribution in [2.75, 3.05) is 13.2 Å². The molecule has 2 aromatic carbocycles. The van der Waals surface area contributed by atoms with Gasteiger partial charge in [0.15, 0.2) is 0 Å². The van der Waals surface area contributed by atoms with Gasteiger partial charge in [0.25, 0.3) is 12.9 Å². The highest BCUT2D eigenvalue weighted by atomic mass is 19.3. The van der Waals surface area contributed by atoms with Gasteiger partial charge in [0.2, 0.25) is 0 Å². The van der Waals surface area contributed by atoms with Crippen LogP contribution in [0, 0.1) is 0 Å². The summed E-state index contributed by atoms with van der Waals surface area (Å²) in [5.41, 5.74) is 0.582. The minimum atomic E-state index is -2.53. The molecule has 0 heterocycles. The lowest BCUT2D eigenvalue weighted by Gasteiger charge is -2.04. The Morgan fingerprint density at radius 1 is 0.852 bits per heavy atom. The molecule has 0 aliphatic carbocycles. The second-order valence-corrected chi connectivity index (χ2v) is 4.92. The standard InChI is InChI=1S/C9H8F2O3.C9H8F2O2/c10-8(11)5-14-7-3-1-6(2-4-7)9(12)13;10-9(11)6-13-8-3-1-7(5-12)2-4-8/h1-4,8H,5H2,(H,12,13);1-5,9H,6H2. The van der Waals surface area contributed by atoms with Crippen LogP contribution in [0.4, 0.5) is 17.6 Å². The summed E-state index contributed by atoms with van der Waals surface area (Å²) in [6.07, 6.45) is -4.34. The van der Waals surface area contributed by atoms with Crippen molar-refractivity contribution < 1.29 is 41.7 Å². The zero-order valence-electron chi connectivity index (χ0n) is 13.9. The van der Waals surface area contributed by atoms with E-state index in [4.69, 9.17) is 9.84 Å². The maximum Gasteiger partial charge on any atom is 0.335 e. The van der Waals surface area contributed by atoms with Gasteiger partial charge in [0.05, 0.1) is 5.56 Å². The Hall–Kier alpha value is -3.10. The van der Waals surface area contributed by atoms with Crippen molar-refractivity contribution in [3.63, 3.8) is 0 Å². The zero-order valence-corrected chi connectivity index (χ0v) is 13.9. The van der Waals surface area contributed by atoms with E-state index in [1.165, 1.54) is 48.5 Å². The summed E-state index contributed by atoms with van der Waals surface area (Å²) in [7, 11) is 0. The highest BCUT2D eigenvalue weighted by Gasteiger charge is 2.05. The number of aldehydes is 1. The van der Waals surface area contributed by atoms with Crippen LogP contribution in [0.1, 0.15) is 20.7 Å². The second-order valence-electron chi connectivity index (χ2n) is 4.92. The van der Waals surface area contributed by atoms with Crippen molar-refractivity contribution in [2.24, 2.45) is 0 Å². The predicted octanol–water partition coefficient (Wildman–Crippen LogP) is 4.17. The molecule has 0 atom stereocenters. The van der Waals surface area contributed by atoms with E-state index in [-0.39, 0.29) is 11.3 Å². The molecule has 0 saturated carbocycles. The first kappa shape index (κ1) is 21.9. The van der Waals surface area contributed by atoms with E-state index >= 15 is 0 Å². The van der Waals surface area contributed by atoms with E-state index in [2.05, 4.69) is 4.74 Å². The van der Waals surface area contributed by atoms with Crippen molar-refractivity contribution in [3.8, 4) is 11.5 Å². The van der Waals surface area contributed by atoms with Crippen molar-refractivity contribution in [2.45, 2.75) is 12.9 Å². The molecular formula is C18H16F4O5. The van der Waals surface area contributed by atoms with E-state index < -0.39 is 32.0 Å². The monoisotopic (exact) mass is 388 g/mol. The largest absolute Gasteiger partial charge is 0.488 e. The second kappa shape index (κ2) is 11.5. The van der Waals surface area contributed by atoms with Gasteiger partial charge in [-0.3, -0.25) is 4.79 Å². The lowest BCUT2D eigenvalue weighted by molar-refractivity contribution is 0.0695. The van der Waals surface area contributed by atoms with Gasteiger partial charge >= 0.3 is 5.97 Å². The molecule has 0 saturated heterocycles. The number of alkyl halides is 4. The van der Waals surface area contributed by atoms with Crippen LogP contribution in [-0.4, -0.2) is 43.4 Å². The summed E-state index contributed by atoms with van der Waals surface area (Å²) in [6, 6.07) is 11.2. The molecule has 5 nitrogen and oxygen atoms in total. The normalized spacial score (nSPS) is 10.1. The Kier molecular flexibility index (Phi) is 9.35. The van der Waals surface area contributed by atoms with Crippen molar-refractivity contribution in [1.29, 1.82) is 0 Å². The molecule has 0 amide bonds. The lowest BCUT2D eigenvalue weighted by atomic mass is 10.2. The molecule has 0 aliphatic heterocycles. The highest BCUT2D eigenvalue weighted by molar-refractivity contribution is 5.87. The quantitative estimate of drug-likeness (QED) is 0.543. The van der Waals surface area contributed by atoms with E-state index in [9.17, 15) is 27.2 Å². The number of carbonyl (C=O) groups is 2. The van der Waals surface area contributed by atoms with Crippen LogP contribution < -0.4 is 9.47 Å². The SMILES string of the molecule is O=C(O)c1ccc(OCC(F)F)cc1.O=Cc1ccc(OCC(F)F)cc1. The molecule has 0 radical (unpaired) electrons. The number of rotatable bonds is 8. The van der Waals surface area contributed by atoms with Gasteiger partial charge in [0.1, 0.15) is 31.0 Å². The van der Waals surface area contributed by atoms with Crippen LogP contribution in [0.15, 0.2) is 48.5 Å². The summed E-state index contributed by atoms with van der Waals surface area (Å²) in [5.74, 6) is -0.494. The number of aromatic carboxylic acids is 1. The first-order chi connectivity index (χ1) is 12.8. The van der Waals surface area contributed by atoms with Gasteiger partial charge in [-0.05, 0) is 48.5 Å². The molecule has 0 fully saturated rings. The molecule has 0 aliphatic rings. The summed E-state index contributed by atoms with van der Waals surface area (Å²) in [5, 5.41) is 8.53. The van der Waals surface area contributed by atoms with Crippen LogP contribution in [0.3, 0.4) is 0 Å². The van der Waals surface area contributed by atoms with Gasteiger partial charge in [-0.25, -0.2) is 22.4 Å². The number of ether oxygens (including phenoxy) is 2. The fourth-order valence-corrected chi connectivity index (χ4v) is 1.65. The van der Waals surface area contributed by atoms with Crippen molar-refractivity contribution >= 4 is 12.3 Å². The van der Waals surface area contributed by atoms with Crippen molar-refractivity contribution in [3.05, 3.63) is 59.7 Å². The van der Waals surface area contributed by atoms with Gasteiger partial charge in [0, 0.05) is 5.56 Å². The third kappa shape index (κ3) is 9.24. The lowest BCUT2D eigenvalue weighted by Crippen LogP contribution is -2.07. The number of hydrogen-bond donors (Lipinski definition) is 1. The average molecular weight is 388 g/mol. The molecule has 146 valence electrons. The van der Waals surface area contributed by atoms with E-state index in [0.717, 1.165) is 0 Å². The van der Waals surface area contributed by atoms with Crippen LogP contribution in [0.25, 0.3) is 0 Å². The molecular weight excluding hydrogens is 372 g/mol. The summed E-state index contributed by atoms with van der Waals surface area (Å²) in [4.78, 5) is 20.6. The van der Waals surface area contributed by atoms with Gasteiger partial charge in [-0.15, -0.1) is 0 Å². The molecule has 0 unspecified atom stereocenters. The molecule has 9 heteroatoms. The van der Waals surface area contributed by atoms with Gasteiger partial charge in [-0.1, -0.05) is 0 Å². The van der Waals surface area contributed by atoms with Crippen LogP contribution in [0.2, 0.25) is 0 Å². The Morgan fingerprint density at radius 2 is 1.26 bits per heavy atom. The highest BCUT2D eigenvalue weighted by Crippen LogP contribution is 2.13. The predicted molar refractivity (Wildman–Crippen MR) is 88.2 cm³/mol.